The zero-order valence-electron chi connectivity index (χ0n) is 12.9. The fraction of sp³-hybridized carbons (Fsp3) is 0.278. The predicted molar refractivity (Wildman–Crippen MR) is 94.8 cm³/mol. The Labute approximate surface area is 134 Å². The third-order valence-electron chi connectivity index (χ3n) is 2.98. The van der Waals surface area contributed by atoms with Gasteiger partial charge in [0.05, 0.1) is 0 Å². The van der Waals surface area contributed by atoms with Gasteiger partial charge < -0.3 is 0 Å². The van der Waals surface area contributed by atoms with E-state index in [1.54, 1.807) is 0 Å². The van der Waals surface area contributed by atoms with Crippen LogP contribution in [0.4, 0.5) is 0 Å². The first-order valence-electron chi connectivity index (χ1n) is 6.93. The Morgan fingerprint density at radius 1 is 0.952 bits per heavy atom. The van der Waals surface area contributed by atoms with Crippen LogP contribution in [0.5, 0.6) is 0 Å². The Morgan fingerprint density at radius 3 is 2.10 bits per heavy atom. The number of hydrogen-bond donors (Lipinski definition) is 0. The molecule has 0 spiro atoms. The van der Waals surface area contributed by atoms with Gasteiger partial charge in [-0.25, -0.2) is 0 Å². The number of benzene rings is 2. The number of carbonyl (C=O) groups is 1. The SMILES string of the molecule is CC(=O)OI(c1ccccc1)c1ccccc1C(C)(C)C. The van der Waals surface area contributed by atoms with Crippen molar-refractivity contribution in [2.45, 2.75) is 33.1 Å². The molecule has 0 aliphatic carbocycles. The van der Waals surface area contributed by atoms with Gasteiger partial charge in [0.2, 0.25) is 0 Å². The van der Waals surface area contributed by atoms with Gasteiger partial charge in [-0.1, -0.05) is 0 Å². The number of carbonyl (C=O) groups excluding carboxylic acids is 1. The van der Waals surface area contributed by atoms with Gasteiger partial charge in [-0.2, -0.15) is 0 Å². The summed E-state index contributed by atoms with van der Waals surface area (Å²) in [6.45, 7) is 8.07. The van der Waals surface area contributed by atoms with Crippen molar-refractivity contribution in [3.05, 3.63) is 67.3 Å². The van der Waals surface area contributed by atoms with E-state index in [4.69, 9.17) is 3.07 Å². The molecule has 0 fully saturated rings. The first kappa shape index (κ1) is 16.0. The van der Waals surface area contributed by atoms with Crippen molar-refractivity contribution in [1.82, 2.24) is 0 Å². The first-order chi connectivity index (χ1) is 9.89. The zero-order valence-corrected chi connectivity index (χ0v) is 15.0. The Kier molecular flexibility index (Phi) is 5.04. The zero-order chi connectivity index (χ0) is 15.5. The molecule has 112 valence electrons. The third kappa shape index (κ3) is 4.06. The van der Waals surface area contributed by atoms with Crippen molar-refractivity contribution in [2.24, 2.45) is 0 Å². The van der Waals surface area contributed by atoms with Crippen LogP contribution in [0.1, 0.15) is 33.3 Å². The van der Waals surface area contributed by atoms with Gasteiger partial charge in [0, 0.05) is 0 Å². The Hall–Kier alpha value is -1.36. The first-order valence-corrected chi connectivity index (χ1v) is 9.97. The Balaban J connectivity index is 2.55. The predicted octanol–water partition coefficient (Wildman–Crippen LogP) is 5.01. The second-order valence-corrected chi connectivity index (χ2v) is 10.1. The second kappa shape index (κ2) is 6.60. The molecular formula is C18H21IO2. The molecule has 2 aromatic carbocycles. The van der Waals surface area contributed by atoms with Gasteiger partial charge in [-0.3, -0.25) is 0 Å². The summed E-state index contributed by atoms with van der Waals surface area (Å²) >= 11 is -2.21. The summed E-state index contributed by atoms with van der Waals surface area (Å²) in [5.41, 5.74) is 1.29. The Bertz CT molecular complexity index is 615. The van der Waals surface area contributed by atoms with E-state index < -0.39 is 20.2 Å². The molecule has 2 aromatic rings. The number of halogens is 1. The van der Waals surface area contributed by atoms with E-state index in [2.05, 4.69) is 51.1 Å². The van der Waals surface area contributed by atoms with E-state index in [1.165, 1.54) is 16.1 Å². The molecule has 0 saturated heterocycles. The average Bonchev–Trinajstić information content (AvgIpc) is 2.44. The molecule has 0 heterocycles. The minimum atomic E-state index is -2.21. The molecule has 0 aromatic heterocycles. The fourth-order valence-corrected chi connectivity index (χ4v) is 6.96. The van der Waals surface area contributed by atoms with Crippen molar-refractivity contribution in [3.63, 3.8) is 0 Å². The maximum absolute atomic E-state index is 11.6. The molecule has 0 atom stereocenters. The van der Waals surface area contributed by atoms with Crippen LogP contribution in [-0.4, -0.2) is 5.97 Å². The molecule has 0 N–H and O–H groups in total. The molecule has 0 amide bonds. The summed E-state index contributed by atoms with van der Waals surface area (Å²) < 4.78 is 8.13. The van der Waals surface area contributed by atoms with E-state index in [-0.39, 0.29) is 11.4 Å². The van der Waals surface area contributed by atoms with Gasteiger partial charge in [-0.05, 0) is 0 Å². The van der Waals surface area contributed by atoms with Crippen molar-refractivity contribution < 1.29 is 7.86 Å². The number of hydrogen-bond acceptors (Lipinski definition) is 2. The molecular weight excluding hydrogens is 375 g/mol. The molecule has 3 heteroatoms. The van der Waals surface area contributed by atoms with Crippen molar-refractivity contribution in [1.29, 1.82) is 0 Å². The van der Waals surface area contributed by atoms with Crippen molar-refractivity contribution >= 4 is 26.2 Å². The minimum absolute atomic E-state index is 0.0290. The molecule has 21 heavy (non-hydrogen) atoms. The molecule has 0 bridgehead atoms. The monoisotopic (exact) mass is 396 g/mol. The van der Waals surface area contributed by atoms with E-state index in [0.29, 0.717) is 0 Å². The molecule has 2 nitrogen and oxygen atoms in total. The molecule has 2 rings (SSSR count). The van der Waals surface area contributed by atoms with Gasteiger partial charge in [-0.15, -0.1) is 0 Å². The molecule has 0 radical (unpaired) electrons. The van der Waals surface area contributed by atoms with Crippen LogP contribution in [-0.2, 0) is 13.3 Å². The topological polar surface area (TPSA) is 26.3 Å². The van der Waals surface area contributed by atoms with Crippen LogP contribution in [0, 0.1) is 7.14 Å². The molecule has 0 saturated carbocycles. The van der Waals surface area contributed by atoms with E-state index in [1.807, 2.05) is 24.3 Å². The summed E-state index contributed by atoms with van der Waals surface area (Å²) in [7, 11) is 0. The van der Waals surface area contributed by atoms with Gasteiger partial charge >= 0.3 is 134 Å². The molecule has 0 unspecified atom stereocenters. The molecule has 0 aliphatic rings. The Morgan fingerprint density at radius 2 is 1.52 bits per heavy atom. The van der Waals surface area contributed by atoms with Crippen LogP contribution in [0.25, 0.3) is 0 Å². The third-order valence-corrected chi connectivity index (χ3v) is 7.89. The average molecular weight is 396 g/mol. The van der Waals surface area contributed by atoms with E-state index in [9.17, 15) is 4.79 Å². The summed E-state index contributed by atoms with van der Waals surface area (Å²) in [6, 6.07) is 18.5. The number of rotatable bonds is 3. The normalized spacial score (nSPS) is 11.9. The van der Waals surface area contributed by atoms with Crippen LogP contribution >= 0.6 is 20.2 Å². The van der Waals surface area contributed by atoms with Crippen molar-refractivity contribution in [3.8, 4) is 0 Å². The quantitative estimate of drug-likeness (QED) is 0.682. The standard InChI is InChI=1S/C18H21IO2/c1-14(20)21-19(15-10-6-5-7-11-15)17-13-9-8-12-16(17)18(2,3)4/h5-13H,1-4H3. The second-order valence-electron chi connectivity index (χ2n) is 5.84. The fourth-order valence-electron chi connectivity index (χ4n) is 2.06. The van der Waals surface area contributed by atoms with E-state index in [0.717, 1.165) is 3.57 Å². The van der Waals surface area contributed by atoms with Crippen LogP contribution in [0.2, 0.25) is 0 Å². The van der Waals surface area contributed by atoms with E-state index >= 15 is 0 Å². The summed E-state index contributed by atoms with van der Waals surface area (Å²) in [5.74, 6) is -0.201. The summed E-state index contributed by atoms with van der Waals surface area (Å²) in [6.07, 6.45) is 0. The van der Waals surface area contributed by atoms with Gasteiger partial charge in [0.15, 0.2) is 0 Å². The maximum atomic E-state index is 11.6. The van der Waals surface area contributed by atoms with Gasteiger partial charge in [0.1, 0.15) is 0 Å². The van der Waals surface area contributed by atoms with Crippen LogP contribution in [0.3, 0.4) is 0 Å². The summed E-state index contributed by atoms with van der Waals surface area (Å²) in [5, 5.41) is 0. The van der Waals surface area contributed by atoms with Crippen LogP contribution < -0.4 is 0 Å². The van der Waals surface area contributed by atoms with Gasteiger partial charge in [0.25, 0.3) is 0 Å². The van der Waals surface area contributed by atoms with Crippen LogP contribution in [0.15, 0.2) is 54.6 Å². The van der Waals surface area contributed by atoms with Crippen molar-refractivity contribution in [2.75, 3.05) is 0 Å². The molecule has 0 aliphatic heterocycles. The summed E-state index contributed by atoms with van der Waals surface area (Å²) in [4.78, 5) is 11.6.